The van der Waals surface area contributed by atoms with Crippen molar-refractivity contribution in [1.82, 2.24) is 0 Å². The first kappa shape index (κ1) is 17.9. The summed E-state index contributed by atoms with van der Waals surface area (Å²) >= 11 is 0. The smallest absolute Gasteiger partial charge is 0.0317 e. The Morgan fingerprint density at radius 2 is 0.857 bits per heavy atom. The number of anilines is 2. The molecule has 28 heavy (non-hydrogen) atoms. The van der Waals surface area contributed by atoms with Crippen LogP contribution in [0.4, 0.5) is 11.4 Å². The lowest BCUT2D eigenvalue weighted by Gasteiger charge is -2.16. The Balaban J connectivity index is 1.79. The molecule has 0 radical (unpaired) electrons. The number of nitrogens with two attached hydrogens (primary N) is 2. The Morgan fingerprint density at radius 3 is 1.25 bits per heavy atom. The third-order valence-corrected chi connectivity index (χ3v) is 5.02. The molecule has 4 aromatic rings. The van der Waals surface area contributed by atoms with Crippen molar-refractivity contribution in [3.05, 3.63) is 119 Å². The van der Waals surface area contributed by atoms with Crippen LogP contribution in [0.25, 0.3) is 11.1 Å². The summed E-state index contributed by atoms with van der Waals surface area (Å²) in [4.78, 5) is 0. The standard InChI is InChI=1S/C26H24N2/c27-23-11-13-25(21(17-23)15-19-7-3-1-4-8-19)26-14-12-24(28)18-22(26)16-20-9-5-2-6-10-20/h1-14,17-18H,15-16,27-28H2. The first-order chi connectivity index (χ1) is 13.7. The molecule has 0 amide bonds. The van der Waals surface area contributed by atoms with Gasteiger partial charge in [-0.3, -0.25) is 0 Å². The SMILES string of the molecule is Nc1ccc(-c2ccc(N)cc2Cc2ccccc2)c(Cc2ccccc2)c1. The van der Waals surface area contributed by atoms with Crippen molar-refractivity contribution < 1.29 is 0 Å². The molecule has 0 aliphatic heterocycles. The molecule has 0 spiro atoms. The van der Waals surface area contributed by atoms with E-state index in [0.717, 1.165) is 24.2 Å². The van der Waals surface area contributed by atoms with Crippen LogP contribution in [0.15, 0.2) is 97.1 Å². The fourth-order valence-electron chi connectivity index (χ4n) is 3.68. The van der Waals surface area contributed by atoms with Gasteiger partial charge in [-0.1, -0.05) is 72.8 Å². The highest BCUT2D eigenvalue weighted by molar-refractivity contribution is 5.75. The van der Waals surface area contributed by atoms with Gasteiger partial charge in [0.25, 0.3) is 0 Å². The summed E-state index contributed by atoms with van der Waals surface area (Å²) in [7, 11) is 0. The zero-order valence-corrected chi connectivity index (χ0v) is 15.8. The fourth-order valence-corrected chi connectivity index (χ4v) is 3.68. The van der Waals surface area contributed by atoms with E-state index < -0.39 is 0 Å². The van der Waals surface area contributed by atoms with Crippen LogP contribution in [0.2, 0.25) is 0 Å². The van der Waals surface area contributed by atoms with Crippen molar-refractivity contribution in [2.75, 3.05) is 11.5 Å². The predicted molar refractivity (Wildman–Crippen MR) is 119 cm³/mol. The fraction of sp³-hybridized carbons (Fsp3) is 0.0769. The van der Waals surface area contributed by atoms with Gasteiger partial charge in [0.2, 0.25) is 0 Å². The molecule has 4 rings (SSSR count). The van der Waals surface area contributed by atoms with E-state index >= 15 is 0 Å². The molecule has 0 heterocycles. The van der Waals surface area contributed by atoms with Gasteiger partial charge < -0.3 is 11.5 Å². The molecule has 0 aliphatic rings. The van der Waals surface area contributed by atoms with Crippen LogP contribution in [0.3, 0.4) is 0 Å². The highest BCUT2D eigenvalue weighted by atomic mass is 14.5. The largest absolute Gasteiger partial charge is 0.399 e. The van der Waals surface area contributed by atoms with E-state index in [9.17, 15) is 0 Å². The highest BCUT2D eigenvalue weighted by Crippen LogP contribution is 2.32. The van der Waals surface area contributed by atoms with Crippen LogP contribution >= 0.6 is 0 Å². The first-order valence-electron chi connectivity index (χ1n) is 9.54. The van der Waals surface area contributed by atoms with Gasteiger partial charge in [-0.2, -0.15) is 0 Å². The number of hydrogen-bond acceptors (Lipinski definition) is 2. The minimum absolute atomic E-state index is 0.787. The molecule has 4 aromatic carbocycles. The van der Waals surface area contributed by atoms with Crippen molar-refractivity contribution >= 4 is 11.4 Å². The molecule has 0 saturated carbocycles. The number of benzene rings is 4. The van der Waals surface area contributed by atoms with E-state index in [1.165, 1.54) is 33.4 Å². The van der Waals surface area contributed by atoms with E-state index in [4.69, 9.17) is 11.5 Å². The molecule has 0 fully saturated rings. The predicted octanol–water partition coefficient (Wildman–Crippen LogP) is 5.70. The molecule has 0 aromatic heterocycles. The molecular weight excluding hydrogens is 340 g/mol. The Bertz CT molecular complexity index is 981. The molecule has 0 saturated heterocycles. The van der Waals surface area contributed by atoms with Gasteiger partial charge in [-0.15, -0.1) is 0 Å². The summed E-state index contributed by atoms with van der Waals surface area (Å²) in [6.45, 7) is 0. The van der Waals surface area contributed by atoms with Gasteiger partial charge in [0, 0.05) is 11.4 Å². The molecule has 0 bridgehead atoms. The molecule has 0 unspecified atom stereocenters. The molecule has 138 valence electrons. The number of rotatable bonds is 5. The van der Waals surface area contributed by atoms with E-state index in [0.29, 0.717) is 0 Å². The van der Waals surface area contributed by atoms with Crippen LogP contribution in [0.1, 0.15) is 22.3 Å². The maximum absolute atomic E-state index is 6.12. The quantitative estimate of drug-likeness (QED) is 0.446. The summed E-state index contributed by atoms with van der Waals surface area (Å²) in [6, 6.07) is 33.4. The molecule has 4 N–H and O–H groups in total. The topological polar surface area (TPSA) is 52.0 Å². The summed E-state index contributed by atoms with van der Waals surface area (Å²) in [5.41, 5.74) is 21.2. The van der Waals surface area contributed by atoms with Gasteiger partial charge >= 0.3 is 0 Å². The summed E-state index contributed by atoms with van der Waals surface area (Å²) < 4.78 is 0. The van der Waals surface area contributed by atoms with Crippen molar-refractivity contribution in [1.29, 1.82) is 0 Å². The van der Waals surface area contributed by atoms with Crippen LogP contribution in [0, 0.1) is 0 Å². The lowest BCUT2D eigenvalue weighted by atomic mass is 9.89. The van der Waals surface area contributed by atoms with Crippen molar-refractivity contribution in [3.63, 3.8) is 0 Å². The zero-order valence-electron chi connectivity index (χ0n) is 15.8. The maximum Gasteiger partial charge on any atom is 0.0317 e. The molecule has 0 aliphatic carbocycles. The zero-order chi connectivity index (χ0) is 19.3. The van der Waals surface area contributed by atoms with E-state index in [2.05, 4.69) is 72.8 Å². The van der Waals surface area contributed by atoms with Gasteiger partial charge in [0.15, 0.2) is 0 Å². The van der Waals surface area contributed by atoms with Crippen LogP contribution in [-0.2, 0) is 12.8 Å². The highest BCUT2D eigenvalue weighted by Gasteiger charge is 2.12. The lowest BCUT2D eigenvalue weighted by molar-refractivity contribution is 1.17. The third-order valence-electron chi connectivity index (χ3n) is 5.02. The summed E-state index contributed by atoms with van der Waals surface area (Å²) in [5.74, 6) is 0. The van der Waals surface area contributed by atoms with Gasteiger partial charge in [-0.05, 0) is 70.5 Å². The van der Waals surface area contributed by atoms with Crippen molar-refractivity contribution in [3.8, 4) is 11.1 Å². The Hall–Kier alpha value is -3.52. The van der Waals surface area contributed by atoms with E-state index in [1.807, 2.05) is 24.3 Å². The average molecular weight is 364 g/mol. The van der Waals surface area contributed by atoms with Crippen LogP contribution in [-0.4, -0.2) is 0 Å². The number of nitrogen functional groups attached to an aromatic ring is 2. The van der Waals surface area contributed by atoms with Gasteiger partial charge in [-0.25, -0.2) is 0 Å². The van der Waals surface area contributed by atoms with Crippen LogP contribution in [0.5, 0.6) is 0 Å². The maximum atomic E-state index is 6.12. The monoisotopic (exact) mass is 364 g/mol. The first-order valence-corrected chi connectivity index (χ1v) is 9.54. The second-order valence-electron chi connectivity index (χ2n) is 7.16. The molecule has 2 heteroatoms. The minimum Gasteiger partial charge on any atom is -0.399 e. The van der Waals surface area contributed by atoms with Crippen LogP contribution < -0.4 is 11.5 Å². The minimum atomic E-state index is 0.787. The lowest BCUT2D eigenvalue weighted by Crippen LogP contribution is -1.99. The molecule has 0 atom stereocenters. The van der Waals surface area contributed by atoms with Crippen molar-refractivity contribution in [2.24, 2.45) is 0 Å². The van der Waals surface area contributed by atoms with E-state index in [-0.39, 0.29) is 0 Å². The average Bonchev–Trinajstić information content (AvgIpc) is 2.71. The Kier molecular flexibility index (Phi) is 5.11. The third kappa shape index (κ3) is 4.07. The van der Waals surface area contributed by atoms with E-state index in [1.54, 1.807) is 0 Å². The number of hydrogen-bond donors (Lipinski definition) is 2. The Morgan fingerprint density at radius 1 is 0.464 bits per heavy atom. The Labute approximate surface area is 166 Å². The molecule has 2 nitrogen and oxygen atoms in total. The van der Waals surface area contributed by atoms with Gasteiger partial charge in [0.1, 0.15) is 0 Å². The van der Waals surface area contributed by atoms with Gasteiger partial charge in [0.05, 0.1) is 0 Å². The summed E-state index contributed by atoms with van der Waals surface area (Å²) in [5, 5.41) is 0. The summed E-state index contributed by atoms with van der Waals surface area (Å²) in [6.07, 6.45) is 1.69. The normalized spacial score (nSPS) is 10.7. The second-order valence-corrected chi connectivity index (χ2v) is 7.16. The second kappa shape index (κ2) is 8.01. The molecular formula is C26H24N2. The van der Waals surface area contributed by atoms with Crippen molar-refractivity contribution in [2.45, 2.75) is 12.8 Å².